The SMILES string of the molecule is O=C(Nc1cccc(CC(F)(F)F)c1)C1(O)CCSC1. The van der Waals surface area contributed by atoms with Crippen molar-refractivity contribution in [1.82, 2.24) is 0 Å². The molecule has 2 rings (SSSR count). The molecule has 1 saturated heterocycles. The summed E-state index contributed by atoms with van der Waals surface area (Å²) in [5, 5.41) is 12.5. The minimum atomic E-state index is -4.29. The van der Waals surface area contributed by atoms with Gasteiger partial charge >= 0.3 is 6.18 Å². The minimum Gasteiger partial charge on any atom is -0.379 e. The van der Waals surface area contributed by atoms with Gasteiger partial charge in [0, 0.05) is 11.4 Å². The summed E-state index contributed by atoms with van der Waals surface area (Å²) >= 11 is 1.47. The highest BCUT2D eigenvalue weighted by Crippen LogP contribution is 2.29. The smallest absolute Gasteiger partial charge is 0.379 e. The van der Waals surface area contributed by atoms with Gasteiger partial charge in [0.2, 0.25) is 0 Å². The van der Waals surface area contributed by atoms with E-state index < -0.39 is 24.1 Å². The van der Waals surface area contributed by atoms with Gasteiger partial charge in [-0.15, -0.1) is 0 Å². The number of rotatable bonds is 3. The molecule has 3 nitrogen and oxygen atoms in total. The van der Waals surface area contributed by atoms with Crippen molar-refractivity contribution in [3.63, 3.8) is 0 Å². The fourth-order valence-corrected chi connectivity index (χ4v) is 3.21. The summed E-state index contributed by atoms with van der Waals surface area (Å²) in [5.41, 5.74) is -1.09. The van der Waals surface area contributed by atoms with E-state index in [1.54, 1.807) is 0 Å². The summed E-state index contributed by atoms with van der Waals surface area (Å²) in [6, 6.07) is 5.58. The third-order valence-electron chi connectivity index (χ3n) is 3.01. The minimum absolute atomic E-state index is 0.0723. The molecule has 0 radical (unpaired) electrons. The highest BCUT2D eigenvalue weighted by atomic mass is 32.2. The number of hydrogen-bond acceptors (Lipinski definition) is 3. The number of anilines is 1. The summed E-state index contributed by atoms with van der Waals surface area (Å²) in [6.45, 7) is 0. The predicted octanol–water partition coefficient (Wildman–Crippen LogP) is 2.60. The number of carbonyl (C=O) groups excluding carboxylic acids is 1. The molecule has 110 valence electrons. The van der Waals surface area contributed by atoms with Gasteiger partial charge in [-0.05, 0) is 29.9 Å². The lowest BCUT2D eigenvalue weighted by molar-refractivity contribution is -0.131. The zero-order valence-electron chi connectivity index (χ0n) is 10.5. The Labute approximate surface area is 118 Å². The van der Waals surface area contributed by atoms with Crippen molar-refractivity contribution >= 4 is 23.4 Å². The second-order valence-electron chi connectivity index (χ2n) is 4.78. The molecule has 0 aliphatic carbocycles. The number of thioether (sulfide) groups is 1. The van der Waals surface area contributed by atoms with E-state index in [0.717, 1.165) is 0 Å². The monoisotopic (exact) mass is 305 g/mol. The molecular formula is C13H14F3NO2S. The van der Waals surface area contributed by atoms with Crippen molar-refractivity contribution < 1.29 is 23.1 Å². The van der Waals surface area contributed by atoms with Crippen molar-refractivity contribution in [2.75, 3.05) is 16.8 Å². The molecule has 1 aromatic carbocycles. The number of hydrogen-bond donors (Lipinski definition) is 2. The molecule has 7 heteroatoms. The van der Waals surface area contributed by atoms with Crippen LogP contribution in [0.5, 0.6) is 0 Å². The third kappa shape index (κ3) is 3.89. The van der Waals surface area contributed by atoms with Crippen LogP contribution in [0.1, 0.15) is 12.0 Å². The van der Waals surface area contributed by atoms with Crippen LogP contribution in [-0.4, -0.2) is 34.3 Å². The Bertz CT molecular complexity index is 499. The van der Waals surface area contributed by atoms with Crippen LogP contribution in [0.25, 0.3) is 0 Å². The van der Waals surface area contributed by atoms with Gasteiger partial charge in [0.15, 0.2) is 5.60 Å². The van der Waals surface area contributed by atoms with Crippen LogP contribution in [0.4, 0.5) is 18.9 Å². The maximum absolute atomic E-state index is 12.3. The van der Waals surface area contributed by atoms with E-state index in [0.29, 0.717) is 17.9 Å². The zero-order chi connectivity index (χ0) is 14.8. The highest BCUT2D eigenvalue weighted by Gasteiger charge is 2.39. The molecule has 1 aliphatic rings. The van der Waals surface area contributed by atoms with Gasteiger partial charge in [-0.3, -0.25) is 4.79 Å². The Balaban J connectivity index is 2.06. The van der Waals surface area contributed by atoms with Crippen molar-refractivity contribution in [3.8, 4) is 0 Å². The Kier molecular flexibility index (Phi) is 4.29. The van der Waals surface area contributed by atoms with Crippen molar-refractivity contribution in [2.24, 2.45) is 0 Å². The number of amides is 1. The number of nitrogens with one attached hydrogen (secondary N) is 1. The second kappa shape index (κ2) is 5.65. The topological polar surface area (TPSA) is 49.3 Å². The quantitative estimate of drug-likeness (QED) is 0.902. The largest absolute Gasteiger partial charge is 0.393 e. The maximum atomic E-state index is 12.3. The molecule has 1 atom stereocenters. The Morgan fingerprint density at radius 3 is 2.80 bits per heavy atom. The molecule has 20 heavy (non-hydrogen) atoms. The van der Waals surface area contributed by atoms with E-state index in [9.17, 15) is 23.1 Å². The van der Waals surface area contributed by atoms with E-state index in [4.69, 9.17) is 0 Å². The van der Waals surface area contributed by atoms with Crippen LogP contribution in [0.2, 0.25) is 0 Å². The van der Waals surface area contributed by atoms with Gasteiger partial charge < -0.3 is 10.4 Å². The Hall–Kier alpha value is -1.21. The van der Waals surface area contributed by atoms with Crippen LogP contribution in [0.3, 0.4) is 0 Å². The molecule has 1 fully saturated rings. The molecule has 0 saturated carbocycles. The summed E-state index contributed by atoms with van der Waals surface area (Å²) in [4.78, 5) is 11.9. The van der Waals surface area contributed by atoms with Crippen LogP contribution in [0.15, 0.2) is 24.3 Å². The van der Waals surface area contributed by atoms with E-state index >= 15 is 0 Å². The van der Waals surface area contributed by atoms with Crippen LogP contribution < -0.4 is 5.32 Å². The van der Waals surface area contributed by atoms with E-state index in [1.807, 2.05) is 0 Å². The maximum Gasteiger partial charge on any atom is 0.393 e. The molecule has 2 N–H and O–H groups in total. The molecule has 0 spiro atoms. The van der Waals surface area contributed by atoms with Crippen LogP contribution >= 0.6 is 11.8 Å². The molecule has 0 bridgehead atoms. The molecule has 1 aromatic rings. The second-order valence-corrected chi connectivity index (χ2v) is 5.89. The fraction of sp³-hybridized carbons (Fsp3) is 0.462. The average molecular weight is 305 g/mol. The van der Waals surface area contributed by atoms with Gasteiger partial charge in [-0.25, -0.2) is 0 Å². The summed E-state index contributed by atoms with van der Waals surface area (Å²) in [5.74, 6) is 0.436. The number of carbonyl (C=O) groups is 1. The van der Waals surface area contributed by atoms with Gasteiger partial charge in [0.25, 0.3) is 5.91 Å². The molecule has 1 heterocycles. The van der Waals surface area contributed by atoms with Crippen molar-refractivity contribution in [2.45, 2.75) is 24.6 Å². The Morgan fingerprint density at radius 2 is 2.20 bits per heavy atom. The molecule has 1 amide bonds. The first-order valence-electron chi connectivity index (χ1n) is 6.06. The first-order valence-corrected chi connectivity index (χ1v) is 7.21. The van der Waals surface area contributed by atoms with E-state index in [1.165, 1.54) is 36.0 Å². The van der Waals surface area contributed by atoms with Crippen LogP contribution in [-0.2, 0) is 11.2 Å². The number of aliphatic hydroxyl groups is 1. The Morgan fingerprint density at radius 1 is 1.45 bits per heavy atom. The van der Waals surface area contributed by atoms with E-state index in [2.05, 4.69) is 5.32 Å². The lowest BCUT2D eigenvalue weighted by Crippen LogP contribution is -2.42. The predicted molar refractivity (Wildman–Crippen MR) is 71.7 cm³/mol. The average Bonchev–Trinajstić information content (AvgIpc) is 2.76. The lowest BCUT2D eigenvalue weighted by atomic mass is 10.0. The molecule has 1 unspecified atom stereocenters. The summed E-state index contributed by atoms with van der Waals surface area (Å²) < 4.78 is 36.9. The van der Waals surface area contributed by atoms with Gasteiger partial charge in [0.05, 0.1) is 6.42 Å². The number of halogens is 3. The fourth-order valence-electron chi connectivity index (χ4n) is 1.97. The van der Waals surface area contributed by atoms with Gasteiger partial charge in [-0.1, -0.05) is 12.1 Å². The van der Waals surface area contributed by atoms with Crippen LogP contribution in [0, 0.1) is 0 Å². The first kappa shape index (κ1) is 15.2. The van der Waals surface area contributed by atoms with Gasteiger partial charge in [-0.2, -0.15) is 24.9 Å². The number of alkyl halides is 3. The first-order chi connectivity index (χ1) is 9.28. The standard InChI is InChI=1S/C13H14F3NO2S/c14-13(15,16)7-9-2-1-3-10(6-9)17-11(18)12(19)4-5-20-8-12/h1-3,6,19H,4-5,7-8H2,(H,17,18). The zero-order valence-corrected chi connectivity index (χ0v) is 11.4. The van der Waals surface area contributed by atoms with Crippen molar-refractivity contribution in [3.05, 3.63) is 29.8 Å². The highest BCUT2D eigenvalue weighted by molar-refractivity contribution is 7.99. The lowest BCUT2D eigenvalue weighted by Gasteiger charge is -2.20. The third-order valence-corrected chi connectivity index (χ3v) is 4.19. The summed E-state index contributed by atoms with van der Waals surface area (Å²) in [6.07, 6.45) is -4.98. The summed E-state index contributed by atoms with van der Waals surface area (Å²) in [7, 11) is 0. The van der Waals surface area contributed by atoms with Gasteiger partial charge in [0.1, 0.15) is 0 Å². The van der Waals surface area contributed by atoms with E-state index in [-0.39, 0.29) is 11.3 Å². The molecular weight excluding hydrogens is 291 g/mol. The molecule has 0 aromatic heterocycles. The number of benzene rings is 1. The van der Waals surface area contributed by atoms with Crippen molar-refractivity contribution in [1.29, 1.82) is 0 Å². The molecule has 1 aliphatic heterocycles. The normalized spacial score (nSPS) is 22.8.